The highest BCUT2D eigenvalue weighted by Crippen LogP contribution is 2.25. The van der Waals surface area contributed by atoms with E-state index in [0.29, 0.717) is 22.3 Å². The van der Waals surface area contributed by atoms with Gasteiger partial charge in [0.25, 0.3) is 0 Å². The Morgan fingerprint density at radius 1 is 1.30 bits per heavy atom. The van der Waals surface area contributed by atoms with E-state index in [9.17, 15) is 0 Å². The lowest BCUT2D eigenvalue weighted by Gasteiger charge is -2.06. The second-order valence-electron chi connectivity index (χ2n) is 4.59. The summed E-state index contributed by atoms with van der Waals surface area (Å²) in [6, 6.07) is 0. The van der Waals surface area contributed by atoms with Gasteiger partial charge in [-0.1, -0.05) is 43.3 Å². The minimum absolute atomic E-state index is 0.113. The van der Waals surface area contributed by atoms with Crippen molar-refractivity contribution in [3.63, 3.8) is 0 Å². The van der Waals surface area contributed by atoms with E-state index in [1.165, 1.54) is 0 Å². The van der Waals surface area contributed by atoms with Crippen molar-refractivity contribution in [2.45, 2.75) is 19.8 Å². The monoisotopic (exact) mass is 353 g/mol. The van der Waals surface area contributed by atoms with Crippen molar-refractivity contribution < 1.29 is 4.74 Å². The largest absolute Gasteiger partial charge is 0.497 e. The first-order chi connectivity index (χ1) is 11.0. The van der Waals surface area contributed by atoms with E-state index in [1.807, 2.05) is 24.3 Å². The second kappa shape index (κ2) is 10.1. The second-order valence-corrected chi connectivity index (χ2v) is 5.29. The Kier molecular flexibility index (Phi) is 8.45. The van der Waals surface area contributed by atoms with Crippen LogP contribution in [-0.2, 0) is 4.74 Å². The van der Waals surface area contributed by atoms with E-state index in [1.54, 1.807) is 14.2 Å². The van der Waals surface area contributed by atoms with Crippen LogP contribution in [0.5, 0.6) is 0 Å². The summed E-state index contributed by atoms with van der Waals surface area (Å²) >= 11 is 12.0. The van der Waals surface area contributed by atoms with Gasteiger partial charge in [-0.05, 0) is 42.2 Å². The topological polar surface area (TPSA) is 47.0 Å². The highest BCUT2D eigenvalue weighted by atomic mass is 35.5. The van der Waals surface area contributed by atoms with Crippen molar-refractivity contribution in [1.82, 2.24) is 9.97 Å². The summed E-state index contributed by atoms with van der Waals surface area (Å²) in [4.78, 5) is 8.09. The summed E-state index contributed by atoms with van der Waals surface area (Å²) in [7, 11) is 3.35. The van der Waals surface area contributed by atoms with Gasteiger partial charge in [-0.25, -0.2) is 9.97 Å². The Balaban J connectivity index is 2.97. The van der Waals surface area contributed by atoms with Gasteiger partial charge in [-0.15, -0.1) is 0 Å². The fraction of sp³-hybridized carbons (Fsp3) is 0.294. The number of hydrogen-bond donors (Lipinski definition) is 1. The molecule has 0 unspecified atom stereocenters. The lowest BCUT2D eigenvalue weighted by Crippen LogP contribution is -1.99. The Hall–Kier alpha value is -1.78. The van der Waals surface area contributed by atoms with Crippen molar-refractivity contribution in [3.8, 4) is 0 Å². The average molecular weight is 354 g/mol. The zero-order valence-electron chi connectivity index (χ0n) is 13.6. The van der Waals surface area contributed by atoms with Gasteiger partial charge < -0.3 is 10.1 Å². The van der Waals surface area contributed by atoms with Gasteiger partial charge in [0.2, 0.25) is 5.28 Å². The maximum atomic E-state index is 6.15. The van der Waals surface area contributed by atoms with Gasteiger partial charge in [0.15, 0.2) is 0 Å². The zero-order valence-corrected chi connectivity index (χ0v) is 15.1. The summed E-state index contributed by atoms with van der Waals surface area (Å²) in [5.74, 6) is 1.21. The van der Waals surface area contributed by atoms with E-state index in [-0.39, 0.29) is 5.28 Å². The SMILES string of the molecule is C=C(/C=C\CC(/C=C/c1c(Cl)nc(Cl)nc1NC)=C\CC)OC. The first-order valence-electron chi connectivity index (χ1n) is 7.19. The van der Waals surface area contributed by atoms with Gasteiger partial charge >= 0.3 is 0 Å². The molecule has 0 spiro atoms. The predicted octanol–water partition coefficient (Wildman–Crippen LogP) is 5.28. The molecule has 124 valence electrons. The Bertz CT molecular complexity index is 637. The molecule has 0 radical (unpaired) electrons. The number of nitrogens with zero attached hydrogens (tertiary/aromatic N) is 2. The van der Waals surface area contributed by atoms with Gasteiger partial charge in [0, 0.05) is 7.05 Å². The first kappa shape index (κ1) is 19.3. The molecular weight excluding hydrogens is 333 g/mol. The van der Waals surface area contributed by atoms with Crippen LogP contribution in [0.3, 0.4) is 0 Å². The molecule has 0 atom stereocenters. The van der Waals surface area contributed by atoms with Crippen molar-refractivity contribution >= 4 is 35.1 Å². The molecule has 0 saturated carbocycles. The molecule has 1 aromatic heterocycles. The van der Waals surface area contributed by atoms with Crippen LogP contribution in [0.2, 0.25) is 10.4 Å². The van der Waals surface area contributed by atoms with E-state index >= 15 is 0 Å². The normalized spacial score (nSPS) is 12.1. The van der Waals surface area contributed by atoms with Crippen LogP contribution in [0.1, 0.15) is 25.3 Å². The molecule has 0 fully saturated rings. The molecule has 1 heterocycles. The zero-order chi connectivity index (χ0) is 17.2. The third-order valence-corrected chi connectivity index (χ3v) is 3.42. The van der Waals surface area contributed by atoms with Gasteiger partial charge in [-0.3, -0.25) is 0 Å². The number of allylic oxidation sites excluding steroid dienone is 5. The molecular formula is C17H21Cl2N3O. The van der Waals surface area contributed by atoms with Crippen molar-refractivity contribution in [3.05, 3.63) is 58.2 Å². The first-order valence-corrected chi connectivity index (χ1v) is 7.94. The number of methoxy groups -OCH3 is 1. The fourth-order valence-electron chi connectivity index (χ4n) is 1.82. The van der Waals surface area contributed by atoms with Crippen LogP contribution in [0.25, 0.3) is 6.08 Å². The molecule has 1 aromatic rings. The average Bonchev–Trinajstić information content (AvgIpc) is 2.52. The number of anilines is 1. The minimum Gasteiger partial charge on any atom is -0.497 e. The summed E-state index contributed by atoms with van der Waals surface area (Å²) < 4.78 is 5.00. The Labute approximate surface area is 147 Å². The Morgan fingerprint density at radius 2 is 2.04 bits per heavy atom. The van der Waals surface area contributed by atoms with E-state index < -0.39 is 0 Å². The highest BCUT2D eigenvalue weighted by Gasteiger charge is 2.08. The number of hydrogen-bond acceptors (Lipinski definition) is 4. The minimum atomic E-state index is 0.113. The smallest absolute Gasteiger partial charge is 0.225 e. The summed E-state index contributed by atoms with van der Waals surface area (Å²) in [5.41, 5.74) is 1.84. The maximum absolute atomic E-state index is 6.15. The molecule has 23 heavy (non-hydrogen) atoms. The molecule has 0 aliphatic carbocycles. The van der Waals surface area contributed by atoms with Crippen molar-refractivity contribution in [2.75, 3.05) is 19.5 Å². The van der Waals surface area contributed by atoms with E-state index in [2.05, 4.69) is 34.9 Å². The van der Waals surface area contributed by atoms with Crippen molar-refractivity contribution in [1.29, 1.82) is 0 Å². The Morgan fingerprint density at radius 3 is 2.65 bits per heavy atom. The molecule has 1 rings (SSSR count). The number of halogens is 2. The molecule has 0 saturated heterocycles. The standard InChI is InChI=1S/C17H21Cl2N3O/c1-5-7-13(9-6-8-12(2)23-4)10-11-14-15(18)21-17(19)22-16(14)20-3/h6-8,10-11H,2,5,9H2,1,3-4H3,(H,20,21,22)/b8-6-,11-10+,13-7+. The van der Waals surface area contributed by atoms with Crippen LogP contribution < -0.4 is 5.32 Å². The summed E-state index contributed by atoms with van der Waals surface area (Å²) in [5, 5.41) is 3.39. The van der Waals surface area contributed by atoms with Crippen LogP contribution >= 0.6 is 23.2 Å². The lowest BCUT2D eigenvalue weighted by molar-refractivity contribution is 0.308. The molecule has 0 bridgehead atoms. The van der Waals surface area contributed by atoms with Crippen molar-refractivity contribution in [2.24, 2.45) is 0 Å². The van der Waals surface area contributed by atoms with E-state index in [0.717, 1.165) is 18.4 Å². The molecule has 0 aliphatic rings. The number of ether oxygens (including phenoxy) is 1. The molecule has 1 N–H and O–H groups in total. The molecule has 6 heteroatoms. The quantitative estimate of drug-likeness (QED) is 0.299. The van der Waals surface area contributed by atoms with Crippen LogP contribution in [0, 0.1) is 0 Å². The van der Waals surface area contributed by atoms with Gasteiger partial charge in [0.05, 0.1) is 12.7 Å². The lowest BCUT2D eigenvalue weighted by atomic mass is 10.1. The predicted molar refractivity (Wildman–Crippen MR) is 98.9 cm³/mol. The summed E-state index contributed by atoms with van der Waals surface area (Å²) in [6.45, 7) is 5.84. The van der Waals surface area contributed by atoms with Crippen LogP contribution in [0.4, 0.5) is 5.82 Å². The van der Waals surface area contributed by atoms with Gasteiger partial charge in [-0.2, -0.15) is 0 Å². The third kappa shape index (κ3) is 6.47. The molecule has 0 amide bonds. The maximum Gasteiger partial charge on any atom is 0.225 e. The molecule has 4 nitrogen and oxygen atoms in total. The fourth-order valence-corrected chi connectivity index (χ4v) is 2.27. The van der Waals surface area contributed by atoms with Gasteiger partial charge in [0.1, 0.15) is 16.7 Å². The highest BCUT2D eigenvalue weighted by molar-refractivity contribution is 6.33. The van der Waals surface area contributed by atoms with E-state index in [4.69, 9.17) is 27.9 Å². The third-order valence-electron chi connectivity index (χ3n) is 2.96. The number of rotatable bonds is 8. The number of nitrogens with one attached hydrogen (secondary N) is 1. The van der Waals surface area contributed by atoms with Crippen LogP contribution in [0.15, 0.2) is 42.2 Å². The molecule has 0 aliphatic heterocycles. The van der Waals surface area contributed by atoms with Crippen LogP contribution in [-0.4, -0.2) is 24.1 Å². The molecule has 0 aromatic carbocycles. The number of aromatic nitrogens is 2. The summed E-state index contributed by atoms with van der Waals surface area (Å²) in [6.07, 6.45) is 11.5.